The van der Waals surface area contributed by atoms with Crippen molar-refractivity contribution in [3.63, 3.8) is 0 Å². The number of aliphatic imine (C=N–C) groups is 1. The normalized spacial score (nSPS) is 25.4. The smallest absolute Gasteiger partial charge is 0.193 e. The first-order valence-corrected chi connectivity index (χ1v) is 8.18. The fourth-order valence-electron chi connectivity index (χ4n) is 3.03. The first-order chi connectivity index (χ1) is 9.71. The minimum Gasteiger partial charge on any atom is -0.381 e. The van der Waals surface area contributed by atoms with E-state index in [-0.39, 0.29) is 24.0 Å². The van der Waals surface area contributed by atoms with Crippen molar-refractivity contribution in [2.75, 3.05) is 33.4 Å². The molecule has 1 atom stereocenters. The number of hydrogen-bond acceptors (Lipinski definition) is 3. The van der Waals surface area contributed by atoms with Crippen molar-refractivity contribution in [2.45, 2.75) is 19.4 Å². The highest BCUT2D eigenvalue weighted by Crippen LogP contribution is 2.38. The van der Waals surface area contributed by atoms with Gasteiger partial charge in [-0.15, -0.1) is 35.3 Å². The van der Waals surface area contributed by atoms with E-state index in [0.717, 1.165) is 43.1 Å². The van der Waals surface area contributed by atoms with Gasteiger partial charge in [-0.1, -0.05) is 11.6 Å². The lowest BCUT2D eigenvalue weighted by atomic mass is 9.87. The second kappa shape index (κ2) is 7.48. The minimum absolute atomic E-state index is 0. The Hall–Kier alpha value is -0.0500. The molecule has 1 aromatic rings. The Kier molecular flexibility index (Phi) is 6.16. The van der Waals surface area contributed by atoms with Crippen molar-refractivity contribution in [1.29, 1.82) is 0 Å². The van der Waals surface area contributed by atoms with Gasteiger partial charge in [0, 0.05) is 37.0 Å². The molecule has 7 heteroatoms. The number of thiophene rings is 1. The molecule has 0 amide bonds. The van der Waals surface area contributed by atoms with Crippen LogP contribution < -0.4 is 5.32 Å². The van der Waals surface area contributed by atoms with Gasteiger partial charge >= 0.3 is 0 Å². The molecule has 1 aromatic heterocycles. The summed E-state index contributed by atoms with van der Waals surface area (Å²) in [6.07, 6.45) is 2.39. The van der Waals surface area contributed by atoms with E-state index in [9.17, 15) is 0 Å². The van der Waals surface area contributed by atoms with E-state index in [0.29, 0.717) is 5.41 Å². The summed E-state index contributed by atoms with van der Waals surface area (Å²) >= 11 is 7.57. The van der Waals surface area contributed by atoms with Crippen molar-refractivity contribution in [2.24, 2.45) is 10.4 Å². The lowest BCUT2D eigenvalue weighted by Gasteiger charge is -2.24. The zero-order chi connectivity index (χ0) is 14.0. The average Bonchev–Trinajstić information content (AvgIpc) is 3.15. The number of rotatable bonds is 2. The second-order valence-electron chi connectivity index (χ2n) is 5.58. The first kappa shape index (κ1) is 17.3. The molecule has 0 aromatic carbocycles. The van der Waals surface area contributed by atoms with Gasteiger partial charge in [-0.25, -0.2) is 0 Å². The van der Waals surface area contributed by atoms with Crippen LogP contribution >= 0.6 is 46.9 Å². The quantitative estimate of drug-likeness (QED) is 0.435. The zero-order valence-corrected chi connectivity index (χ0v) is 16.0. The van der Waals surface area contributed by atoms with E-state index < -0.39 is 0 Å². The molecule has 0 saturated carbocycles. The third kappa shape index (κ3) is 4.03. The largest absolute Gasteiger partial charge is 0.381 e. The van der Waals surface area contributed by atoms with Gasteiger partial charge in [0.1, 0.15) is 0 Å². The van der Waals surface area contributed by atoms with Crippen molar-refractivity contribution in [3.8, 4) is 0 Å². The predicted octanol–water partition coefficient (Wildman–Crippen LogP) is 3.21. The summed E-state index contributed by atoms with van der Waals surface area (Å²) in [7, 11) is 1.85. The molecule has 3 heterocycles. The van der Waals surface area contributed by atoms with E-state index in [2.05, 4.69) is 21.3 Å². The summed E-state index contributed by atoms with van der Waals surface area (Å²) < 4.78 is 6.41. The molecule has 0 radical (unpaired) electrons. The maximum Gasteiger partial charge on any atom is 0.193 e. The van der Waals surface area contributed by atoms with Crippen LogP contribution in [0.15, 0.2) is 17.1 Å². The highest BCUT2D eigenvalue weighted by molar-refractivity contribution is 14.0. The molecule has 0 aliphatic carbocycles. The van der Waals surface area contributed by atoms with Crippen LogP contribution in [-0.2, 0) is 11.3 Å². The summed E-state index contributed by atoms with van der Waals surface area (Å²) in [6.45, 7) is 4.71. The lowest BCUT2D eigenvalue weighted by molar-refractivity contribution is 0.156. The fourth-order valence-corrected chi connectivity index (χ4v) is 4.06. The van der Waals surface area contributed by atoms with Gasteiger partial charge in [0.25, 0.3) is 0 Å². The Labute approximate surface area is 151 Å². The predicted molar refractivity (Wildman–Crippen MR) is 99.0 cm³/mol. The molecule has 2 aliphatic heterocycles. The summed E-state index contributed by atoms with van der Waals surface area (Å²) in [4.78, 5) is 7.99. The molecule has 3 rings (SSSR count). The molecule has 118 valence electrons. The molecule has 2 fully saturated rings. The highest BCUT2D eigenvalue weighted by atomic mass is 127. The maximum absolute atomic E-state index is 5.95. The van der Waals surface area contributed by atoms with Gasteiger partial charge in [-0.05, 0) is 25.0 Å². The van der Waals surface area contributed by atoms with Crippen LogP contribution in [0.25, 0.3) is 0 Å². The van der Waals surface area contributed by atoms with Crippen LogP contribution in [-0.4, -0.2) is 44.2 Å². The van der Waals surface area contributed by atoms with Gasteiger partial charge in [0.05, 0.1) is 17.5 Å². The van der Waals surface area contributed by atoms with Crippen LogP contribution in [0.4, 0.5) is 0 Å². The van der Waals surface area contributed by atoms with Gasteiger partial charge in [0.15, 0.2) is 5.96 Å². The second-order valence-corrected chi connectivity index (χ2v) is 7.38. The number of likely N-dealkylation sites (tertiary alicyclic amines) is 1. The highest BCUT2D eigenvalue weighted by Gasteiger charge is 2.42. The Bertz CT molecular complexity index is 502. The summed E-state index contributed by atoms with van der Waals surface area (Å²) in [5.41, 5.74) is 0.365. The Morgan fingerprint density at radius 1 is 1.52 bits per heavy atom. The van der Waals surface area contributed by atoms with Gasteiger partial charge < -0.3 is 15.0 Å². The number of nitrogens with zero attached hydrogens (tertiary/aromatic N) is 2. The van der Waals surface area contributed by atoms with E-state index in [1.165, 1.54) is 17.7 Å². The van der Waals surface area contributed by atoms with Crippen LogP contribution in [0.1, 0.15) is 17.7 Å². The molecular weight excluding hydrogens is 421 g/mol. The van der Waals surface area contributed by atoms with Crippen molar-refractivity contribution >= 4 is 52.9 Å². The Morgan fingerprint density at radius 2 is 2.38 bits per heavy atom. The molecular formula is C14H21ClIN3OS. The average molecular weight is 442 g/mol. The number of halogens is 2. The molecule has 1 unspecified atom stereocenters. The van der Waals surface area contributed by atoms with Gasteiger partial charge in [-0.3, -0.25) is 4.99 Å². The third-order valence-corrected chi connectivity index (χ3v) is 5.42. The molecule has 1 N–H and O–H groups in total. The molecule has 0 bridgehead atoms. The van der Waals surface area contributed by atoms with Crippen LogP contribution in [0.2, 0.25) is 4.34 Å². The van der Waals surface area contributed by atoms with Gasteiger partial charge in [0.2, 0.25) is 0 Å². The van der Waals surface area contributed by atoms with Crippen molar-refractivity contribution in [1.82, 2.24) is 10.2 Å². The summed E-state index contributed by atoms with van der Waals surface area (Å²) in [5.74, 6) is 0.985. The van der Waals surface area contributed by atoms with Gasteiger partial charge in [-0.2, -0.15) is 0 Å². The molecule has 4 nitrogen and oxygen atoms in total. The fraction of sp³-hybridized carbons (Fsp3) is 0.643. The van der Waals surface area contributed by atoms with E-state index >= 15 is 0 Å². The Balaban J connectivity index is 0.00000161. The molecule has 2 aliphatic rings. The van der Waals surface area contributed by atoms with Crippen LogP contribution in [0.5, 0.6) is 0 Å². The van der Waals surface area contributed by atoms with E-state index in [4.69, 9.17) is 16.3 Å². The topological polar surface area (TPSA) is 36.9 Å². The number of hydrogen-bond donors (Lipinski definition) is 1. The Morgan fingerprint density at radius 3 is 3.00 bits per heavy atom. The molecule has 2 saturated heterocycles. The molecule has 1 spiro atoms. The van der Waals surface area contributed by atoms with Crippen LogP contribution in [0, 0.1) is 5.41 Å². The SMILES string of the molecule is CN=C(NCc1ccc(Cl)s1)N1CCC2(CCOC2)C1.I. The van der Waals surface area contributed by atoms with E-state index in [1.54, 1.807) is 11.3 Å². The third-order valence-electron chi connectivity index (χ3n) is 4.18. The monoisotopic (exact) mass is 441 g/mol. The summed E-state index contributed by atoms with van der Waals surface area (Å²) in [6, 6.07) is 4.00. The van der Waals surface area contributed by atoms with Crippen LogP contribution in [0.3, 0.4) is 0 Å². The number of guanidine groups is 1. The number of ether oxygens (including phenoxy) is 1. The van der Waals surface area contributed by atoms with E-state index in [1.807, 2.05) is 13.1 Å². The standard InChI is InChI=1S/C14H20ClN3OS.HI/c1-16-13(17-8-11-2-3-12(15)20-11)18-6-4-14(9-18)5-7-19-10-14;/h2-3H,4-10H2,1H3,(H,16,17);1H. The number of nitrogens with one attached hydrogen (secondary N) is 1. The summed E-state index contributed by atoms with van der Waals surface area (Å²) in [5, 5.41) is 3.43. The molecule has 21 heavy (non-hydrogen) atoms. The lowest BCUT2D eigenvalue weighted by Crippen LogP contribution is -2.41. The zero-order valence-electron chi connectivity index (χ0n) is 12.1. The van der Waals surface area contributed by atoms with Crippen molar-refractivity contribution in [3.05, 3.63) is 21.3 Å². The first-order valence-electron chi connectivity index (χ1n) is 6.98. The van der Waals surface area contributed by atoms with Crippen molar-refractivity contribution < 1.29 is 4.74 Å². The maximum atomic E-state index is 5.95. The minimum atomic E-state index is 0.